The SMILES string of the molecule is COCC(C)NC(=O)c1cnccc1NN. The molecule has 1 aromatic heterocycles. The average molecular weight is 224 g/mol. The molecule has 0 aliphatic heterocycles. The van der Waals surface area contributed by atoms with Gasteiger partial charge in [-0.1, -0.05) is 0 Å². The Morgan fingerprint density at radius 3 is 3.06 bits per heavy atom. The van der Waals surface area contributed by atoms with E-state index < -0.39 is 0 Å². The van der Waals surface area contributed by atoms with Crippen LogP contribution in [0.3, 0.4) is 0 Å². The molecule has 1 amide bonds. The van der Waals surface area contributed by atoms with Crippen molar-refractivity contribution < 1.29 is 9.53 Å². The third-order valence-corrected chi connectivity index (χ3v) is 2.02. The molecule has 0 aliphatic carbocycles. The summed E-state index contributed by atoms with van der Waals surface area (Å²) in [5.41, 5.74) is 3.40. The van der Waals surface area contributed by atoms with Crippen molar-refractivity contribution in [3.8, 4) is 0 Å². The monoisotopic (exact) mass is 224 g/mol. The second-order valence-corrected chi connectivity index (χ2v) is 3.40. The number of aromatic nitrogens is 1. The number of rotatable bonds is 5. The number of anilines is 1. The third-order valence-electron chi connectivity index (χ3n) is 2.02. The molecule has 0 fully saturated rings. The number of nitrogens with zero attached hydrogens (tertiary/aromatic N) is 1. The normalized spacial score (nSPS) is 11.9. The van der Waals surface area contributed by atoms with Crippen molar-refractivity contribution in [3.63, 3.8) is 0 Å². The minimum absolute atomic E-state index is 0.0664. The van der Waals surface area contributed by atoms with E-state index >= 15 is 0 Å². The molecule has 6 nitrogen and oxygen atoms in total. The van der Waals surface area contributed by atoms with E-state index in [2.05, 4.69) is 15.7 Å². The lowest BCUT2D eigenvalue weighted by molar-refractivity contribution is 0.0906. The molecular formula is C10H16N4O2. The summed E-state index contributed by atoms with van der Waals surface area (Å²) in [6.45, 7) is 2.31. The van der Waals surface area contributed by atoms with Crippen molar-refractivity contribution in [1.82, 2.24) is 10.3 Å². The first-order valence-corrected chi connectivity index (χ1v) is 4.89. The lowest BCUT2D eigenvalue weighted by Crippen LogP contribution is -2.36. The number of nitrogens with one attached hydrogen (secondary N) is 2. The first kappa shape index (κ1) is 12.4. The lowest BCUT2D eigenvalue weighted by atomic mass is 10.2. The highest BCUT2D eigenvalue weighted by atomic mass is 16.5. The molecule has 1 heterocycles. The molecule has 0 spiro atoms. The van der Waals surface area contributed by atoms with Gasteiger partial charge in [0.15, 0.2) is 0 Å². The largest absolute Gasteiger partial charge is 0.383 e. The number of nitrogens with two attached hydrogens (primary N) is 1. The zero-order valence-corrected chi connectivity index (χ0v) is 9.36. The zero-order valence-electron chi connectivity index (χ0n) is 9.36. The highest BCUT2D eigenvalue weighted by Gasteiger charge is 2.13. The van der Waals surface area contributed by atoms with Gasteiger partial charge in [-0.15, -0.1) is 0 Å². The van der Waals surface area contributed by atoms with Crippen LogP contribution in [0, 0.1) is 0 Å². The van der Waals surface area contributed by atoms with Crippen molar-refractivity contribution in [2.45, 2.75) is 13.0 Å². The predicted molar refractivity (Wildman–Crippen MR) is 60.9 cm³/mol. The van der Waals surface area contributed by atoms with Crippen LogP contribution in [0.15, 0.2) is 18.5 Å². The number of hydrogen-bond acceptors (Lipinski definition) is 5. The first-order valence-electron chi connectivity index (χ1n) is 4.89. The van der Waals surface area contributed by atoms with Crippen molar-refractivity contribution >= 4 is 11.6 Å². The molecule has 1 unspecified atom stereocenters. The van der Waals surface area contributed by atoms with Crippen LogP contribution in [0.4, 0.5) is 5.69 Å². The Morgan fingerprint density at radius 1 is 1.69 bits per heavy atom. The van der Waals surface area contributed by atoms with Crippen LogP contribution in [0.25, 0.3) is 0 Å². The van der Waals surface area contributed by atoms with Gasteiger partial charge in [0.05, 0.1) is 17.9 Å². The minimum atomic E-state index is -0.231. The summed E-state index contributed by atoms with van der Waals surface area (Å²) in [5, 5.41) is 2.77. The van der Waals surface area contributed by atoms with Gasteiger partial charge >= 0.3 is 0 Å². The summed E-state index contributed by atoms with van der Waals surface area (Å²) in [7, 11) is 1.58. The molecule has 0 saturated carbocycles. The number of carbonyl (C=O) groups is 1. The fraction of sp³-hybridized carbons (Fsp3) is 0.400. The summed E-state index contributed by atoms with van der Waals surface area (Å²) >= 11 is 0. The highest BCUT2D eigenvalue weighted by Crippen LogP contribution is 2.11. The van der Waals surface area contributed by atoms with E-state index in [1.54, 1.807) is 19.4 Å². The smallest absolute Gasteiger partial charge is 0.255 e. The van der Waals surface area contributed by atoms with E-state index in [0.29, 0.717) is 17.9 Å². The first-order chi connectivity index (χ1) is 7.69. The maximum Gasteiger partial charge on any atom is 0.255 e. The molecule has 6 heteroatoms. The molecular weight excluding hydrogens is 208 g/mol. The number of amides is 1. The van der Waals surface area contributed by atoms with E-state index in [1.807, 2.05) is 6.92 Å². The molecule has 1 atom stereocenters. The van der Waals surface area contributed by atoms with E-state index in [0.717, 1.165) is 0 Å². The molecule has 16 heavy (non-hydrogen) atoms. The fourth-order valence-corrected chi connectivity index (χ4v) is 1.29. The van der Waals surface area contributed by atoms with Crippen molar-refractivity contribution in [2.24, 2.45) is 5.84 Å². The van der Waals surface area contributed by atoms with E-state index in [1.165, 1.54) is 6.20 Å². The number of hydrazine groups is 1. The Bertz CT molecular complexity index is 356. The summed E-state index contributed by atoms with van der Waals surface area (Å²) in [5.74, 6) is 5.06. The average Bonchev–Trinajstić information content (AvgIpc) is 2.29. The van der Waals surface area contributed by atoms with E-state index in [-0.39, 0.29) is 11.9 Å². The number of ether oxygens (including phenoxy) is 1. The summed E-state index contributed by atoms with van der Waals surface area (Å²) in [4.78, 5) is 15.7. The minimum Gasteiger partial charge on any atom is -0.383 e. The summed E-state index contributed by atoms with van der Waals surface area (Å²) in [6.07, 6.45) is 3.02. The van der Waals surface area contributed by atoms with Crippen LogP contribution in [0.1, 0.15) is 17.3 Å². The van der Waals surface area contributed by atoms with Gasteiger partial charge in [0.2, 0.25) is 0 Å². The Balaban J connectivity index is 2.72. The number of pyridine rings is 1. The number of hydrogen-bond donors (Lipinski definition) is 3. The number of carbonyl (C=O) groups excluding carboxylic acids is 1. The Hall–Kier alpha value is -1.66. The Kier molecular flexibility index (Phi) is 4.68. The van der Waals surface area contributed by atoms with Crippen LogP contribution in [-0.4, -0.2) is 30.6 Å². The van der Waals surface area contributed by atoms with Crippen LogP contribution >= 0.6 is 0 Å². The van der Waals surface area contributed by atoms with Crippen molar-refractivity contribution in [2.75, 3.05) is 19.1 Å². The van der Waals surface area contributed by atoms with Crippen LogP contribution in [0.5, 0.6) is 0 Å². The topological polar surface area (TPSA) is 89.3 Å². The molecule has 88 valence electrons. The summed E-state index contributed by atoms with van der Waals surface area (Å²) < 4.78 is 4.93. The Morgan fingerprint density at radius 2 is 2.44 bits per heavy atom. The van der Waals surface area contributed by atoms with Gasteiger partial charge in [0.1, 0.15) is 0 Å². The molecule has 1 aromatic rings. The van der Waals surface area contributed by atoms with Crippen LogP contribution < -0.4 is 16.6 Å². The van der Waals surface area contributed by atoms with Crippen LogP contribution in [0.2, 0.25) is 0 Å². The van der Waals surface area contributed by atoms with Gasteiger partial charge in [0.25, 0.3) is 5.91 Å². The quantitative estimate of drug-likeness (QED) is 0.488. The van der Waals surface area contributed by atoms with Gasteiger partial charge in [-0.3, -0.25) is 15.6 Å². The van der Waals surface area contributed by atoms with Crippen LogP contribution in [-0.2, 0) is 4.74 Å². The molecule has 0 saturated heterocycles. The molecule has 0 radical (unpaired) electrons. The molecule has 0 aromatic carbocycles. The predicted octanol–water partition coefficient (Wildman–Crippen LogP) is 0.132. The van der Waals surface area contributed by atoms with Crippen molar-refractivity contribution in [1.29, 1.82) is 0 Å². The number of nitrogen functional groups attached to an aromatic ring is 1. The second-order valence-electron chi connectivity index (χ2n) is 3.40. The van der Waals surface area contributed by atoms with Gasteiger partial charge in [0, 0.05) is 25.5 Å². The molecule has 4 N–H and O–H groups in total. The van der Waals surface area contributed by atoms with Gasteiger partial charge in [-0.25, -0.2) is 0 Å². The maximum atomic E-state index is 11.8. The van der Waals surface area contributed by atoms with Gasteiger partial charge < -0.3 is 15.5 Å². The van der Waals surface area contributed by atoms with Gasteiger partial charge in [-0.2, -0.15) is 0 Å². The molecule has 1 rings (SSSR count). The second kappa shape index (κ2) is 6.04. The van der Waals surface area contributed by atoms with E-state index in [9.17, 15) is 4.79 Å². The lowest BCUT2D eigenvalue weighted by Gasteiger charge is -2.14. The van der Waals surface area contributed by atoms with Crippen molar-refractivity contribution in [3.05, 3.63) is 24.0 Å². The summed E-state index contributed by atoms with van der Waals surface area (Å²) in [6, 6.07) is 1.57. The molecule has 0 aliphatic rings. The zero-order chi connectivity index (χ0) is 12.0. The van der Waals surface area contributed by atoms with Gasteiger partial charge in [-0.05, 0) is 13.0 Å². The maximum absolute atomic E-state index is 11.8. The molecule has 0 bridgehead atoms. The highest BCUT2D eigenvalue weighted by molar-refractivity contribution is 5.99. The Labute approximate surface area is 94.2 Å². The fourth-order valence-electron chi connectivity index (χ4n) is 1.29. The third kappa shape index (κ3) is 3.18. The standard InChI is InChI=1S/C10H16N4O2/c1-7(6-16-2)13-10(15)8-5-12-4-3-9(8)14-11/h3-5,7H,6,11H2,1-2H3,(H,12,14)(H,13,15). The number of methoxy groups -OCH3 is 1. The van der Waals surface area contributed by atoms with E-state index in [4.69, 9.17) is 10.6 Å².